The monoisotopic (exact) mass is 400 g/mol. The van der Waals surface area contributed by atoms with Crippen LogP contribution in [0.25, 0.3) is 11.4 Å². The standard InChI is InChI=1S/C20H18ClFN4O2/c21-15-3-1-13(2-4-15)18-24-20(28-25-18)26-11-9-14(10-12-26)19(27)23-17-7-5-16(22)6-8-17/h1-8,14H,9-12H2,(H,23,27). The molecule has 4 rings (SSSR count). The smallest absolute Gasteiger partial charge is 0.324 e. The Morgan fingerprint density at radius 1 is 1.11 bits per heavy atom. The third kappa shape index (κ3) is 4.14. The molecule has 8 heteroatoms. The number of hydrogen-bond acceptors (Lipinski definition) is 5. The fraction of sp³-hybridized carbons (Fsp3) is 0.250. The van der Waals surface area contributed by atoms with Gasteiger partial charge in [-0.05, 0) is 61.4 Å². The minimum absolute atomic E-state index is 0.0568. The molecule has 1 aliphatic heterocycles. The topological polar surface area (TPSA) is 71.3 Å². The van der Waals surface area contributed by atoms with Gasteiger partial charge in [0.2, 0.25) is 11.7 Å². The van der Waals surface area contributed by atoms with Gasteiger partial charge < -0.3 is 14.7 Å². The quantitative estimate of drug-likeness (QED) is 0.703. The van der Waals surface area contributed by atoms with E-state index in [1.807, 2.05) is 17.0 Å². The normalized spacial score (nSPS) is 14.9. The molecule has 3 aromatic rings. The Morgan fingerprint density at radius 3 is 2.46 bits per heavy atom. The van der Waals surface area contributed by atoms with Gasteiger partial charge in [-0.25, -0.2) is 4.39 Å². The van der Waals surface area contributed by atoms with Crippen molar-refractivity contribution in [3.05, 3.63) is 59.4 Å². The maximum atomic E-state index is 13.0. The highest BCUT2D eigenvalue weighted by molar-refractivity contribution is 6.30. The number of piperidine rings is 1. The number of nitrogens with zero attached hydrogens (tertiary/aromatic N) is 3. The van der Waals surface area contributed by atoms with Crippen LogP contribution in [0.2, 0.25) is 5.02 Å². The van der Waals surface area contributed by atoms with Gasteiger partial charge in [0.1, 0.15) is 5.82 Å². The molecule has 1 fully saturated rings. The Kier molecular flexibility index (Phi) is 5.25. The van der Waals surface area contributed by atoms with Gasteiger partial charge in [0, 0.05) is 35.3 Å². The zero-order valence-electron chi connectivity index (χ0n) is 14.9. The van der Waals surface area contributed by atoms with Crippen LogP contribution in [0.5, 0.6) is 0 Å². The molecule has 6 nitrogen and oxygen atoms in total. The van der Waals surface area contributed by atoms with Gasteiger partial charge in [0.05, 0.1) is 0 Å². The molecule has 144 valence electrons. The highest BCUT2D eigenvalue weighted by Crippen LogP contribution is 2.26. The van der Waals surface area contributed by atoms with Crippen molar-refractivity contribution in [2.75, 3.05) is 23.3 Å². The Morgan fingerprint density at radius 2 is 1.79 bits per heavy atom. The lowest BCUT2D eigenvalue weighted by Gasteiger charge is -2.29. The second kappa shape index (κ2) is 7.98. The van der Waals surface area contributed by atoms with Crippen molar-refractivity contribution in [2.24, 2.45) is 5.92 Å². The molecule has 0 atom stereocenters. The molecule has 28 heavy (non-hydrogen) atoms. The molecule has 0 bridgehead atoms. The SMILES string of the molecule is O=C(Nc1ccc(F)cc1)C1CCN(c2nc(-c3ccc(Cl)cc3)no2)CC1. The van der Waals surface area contributed by atoms with E-state index < -0.39 is 0 Å². The summed E-state index contributed by atoms with van der Waals surface area (Å²) in [6.07, 6.45) is 1.34. The number of aromatic nitrogens is 2. The van der Waals surface area contributed by atoms with Crippen LogP contribution in [0.4, 0.5) is 16.1 Å². The van der Waals surface area contributed by atoms with Crippen LogP contribution < -0.4 is 10.2 Å². The third-order valence-electron chi connectivity index (χ3n) is 4.77. The van der Waals surface area contributed by atoms with E-state index >= 15 is 0 Å². The van der Waals surface area contributed by atoms with Crippen molar-refractivity contribution < 1.29 is 13.7 Å². The van der Waals surface area contributed by atoms with Crippen LogP contribution in [0.1, 0.15) is 12.8 Å². The van der Waals surface area contributed by atoms with Crippen molar-refractivity contribution in [1.29, 1.82) is 0 Å². The summed E-state index contributed by atoms with van der Waals surface area (Å²) in [5.41, 5.74) is 1.42. The summed E-state index contributed by atoms with van der Waals surface area (Å²) in [6, 6.07) is 13.4. The fourth-order valence-corrected chi connectivity index (χ4v) is 3.30. The Hall–Kier alpha value is -2.93. The first-order chi connectivity index (χ1) is 13.6. The largest absolute Gasteiger partial charge is 0.326 e. The minimum atomic E-state index is -0.330. The van der Waals surface area contributed by atoms with Crippen LogP contribution in [0.15, 0.2) is 53.1 Å². The maximum Gasteiger partial charge on any atom is 0.324 e. The van der Waals surface area contributed by atoms with Crippen LogP contribution in [0.3, 0.4) is 0 Å². The van der Waals surface area contributed by atoms with Crippen molar-refractivity contribution in [1.82, 2.24) is 10.1 Å². The number of hydrogen-bond donors (Lipinski definition) is 1. The number of carbonyl (C=O) groups excluding carboxylic acids is 1. The molecule has 1 amide bonds. The first-order valence-electron chi connectivity index (χ1n) is 8.99. The van der Waals surface area contributed by atoms with Crippen molar-refractivity contribution >= 4 is 29.2 Å². The van der Waals surface area contributed by atoms with Gasteiger partial charge in [-0.15, -0.1) is 0 Å². The van der Waals surface area contributed by atoms with E-state index in [0.29, 0.717) is 48.5 Å². The van der Waals surface area contributed by atoms with E-state index in [9.17, 15) is 9.18 Å². The molecule has 2 aromatic carbocycles. The molecule has 0 unspecified atom stereocenters. The molecule has 0 radical (unpaired) electrons. The van der Waals surface area contributed by atoms with Crippen LogP contribution in [0, 0.1) is 11.7 Å². The average molecular weight is 401 g/mol. The Balaban J connectivity index is 1.34. The lowest BCUT2D eigenvalue weighted by atomic mass is 9.96. The van der Waals surface area contributed by atoms with Crippen LogP contribution >= 0.6 is 11.6 Å². The maximum absolute atomic E-state index is 13.0. The molecular weight excluding hydrogens is 383 g/mol. The molecule has 0 saturated carbocycles. The van der Waals surface area contributed by atoms with Crippen LogP contribution in [-0.2, 0) is 4.79 Å². The number of halogens is 2. The number of carbonyl (C=O) groups is 1. The lowest BCUT2D eigenvalue weighted by molar-refractivity contribution is -0.120. The first kappa shape index (κ1) is 18.4. The highest BCUT2D eigenvalue weighted by Gasteiger charge is 2.27. The van der Waals surface area contributed by atoms with E-state index in [1.54, 1.807) is 24.3 Å². The predicted octanol–water partition coefficient (Wildman–Crippen LogP) is 4.38. The zero-order valence-corrected chi connectivity index (χ0v) is 15.7. The summed E-state index contributed by atoms with van der Waals surface area (Å²) >= 11 is 5.90. The number of rotatable bonds is 4. The van der Waals surface area contributed by atoms with Gasteiger partial charge in [-0.2, -0.15) is 4.98 Å². The fourth-order valence-electron chi connectivity index (χ4n) is 3.17. The van der Waals surface area contributed by atoms with Gasteiger partial charge in [0.25, 0.3) is 0 Å². The predicted molar refractivity (Wildman–Crippen MR) is 105 cm³/mol. The van der Waals surface area contributed by atoms with Gasteiger partial charge in [0.15, 0.2) is 0 Å². The number of benzene rings is 2. The Labute approximate surface area is 166 Å². The van der Waals surface area contributed by atoms with Crippen molar-refractivity contribution in [3.8, 4) is 11.4 Å². The summed E-state index contributed by atoms with van der Waals surface area (Å²) < 4.78 is 18.4. The number of amides is 1. The van der Waals surface area contributed by atoms with Gasteiger partial charge in [-0.3, -0.25) is 4.79 Å². The Bertz CT molecular complexity index is 951. The second-order valence-electron chi connectivity index (χ2n) is 6.66. The second-order valence-corrected chi connectivity index (χ2v) is 7.10. The third-order valence-corrected chi connectivity index (χ3v) is 5.02. The molecule has 1 saturated heterocycles. The molecule has 2 heterocycles. The van der Waals surface area contributed by atoms with Crippen LogP contribution in [-0.4, -0.2) is 29.1 Å². The van der Waals surface area contributed by atoms with Crippen molar-refractivity contribution in [3.63, 3.8) is 0 Å². The molecule has 1 aliphatic rings. The molecule has 0 spiro atoms. The van der Waals surface area contributed by atoms with E-state index in [0.717, 1.165) is 5.56 Å². The summed E-state index contributed by atoms with van der Waals surface area (Å²) in [5, 5.41) is 7.51. The summed E-state index contributed by atoms with van der Waals surface area (Å²) in [6.45, 7) is 1.29. The van der Waals surface area contributed by atoms with E-state index in [1.165, 1.54) is 12.1 Å². The molecular formula is C20H18ClFN4O2. The summed E-state index contributed by atoms with van der Waals surface area (Å²) in [7, 11) is 0. The van der Waals surface area contributed by atoms with Crippen molar-refractivity contribution in [2.45, 2.75) is 12.8 Å². The average Bonchev–Trinajstić information content (AvgIpc) is 3.20. The molecule has 0 aliphatic carbocycles. The first-order valence-corrected chi connectivity index (χ1v) is 9.37. The summed E-state index contributed by atoms with van der Waals surface area (Å²) in [5.74, 6) is 0.00489. The molecule has 1 N–H and O–H groups in total. The highest BCUT2D eigenvalue weighted by atomic mass is 35.5. The lowest BCUT2D eigenvalue weighted by Crippen LogP contribution is -2.38. The zero-order chi connectivity index (χ0) is 19.5. The summed E-state index contributed by atoms with van der Waals surface area (Å²) in [4.78, 5) is 18.9. The number of nitrogens with one attached hydrogen (secondary N) is 1. The van der Waals surface area contributed by atoms with E-state index in [2.05, 4.69) is 15.5 Å². The van der Waals surface area contributed by atoms with E-state index in [4.69, 9.17) is 16.1 Å². The molecule has 1 aromatic heterocycles. The minimum Gasteiger partial charge on any atom is -0.326 e. The van der Waals surface area contributed by atoms with Gasteiger partial charge >= 0.3 is 6.01 Å². The van der Waals surface area contributed by atoms with Gasteiger partial charge in [-0.1, -0.05) is 16.8 Å². The number of anilines is 2. The van der Waals surface area contributed by atoms with E-state index in [-0.39, 0.29) is 17.6 Å².